The summed E-state index contributed by atoms with van der Waals surface area (Å²) in [5, 5.41) is 0. The van der Waals surface area contributed by atoms with Gasteiger partial charge in [-0.05, 0) is 23.8 Å². The number of nitrogen functional groups attached to an aromatic ring is 1. The van der Waals surface area contributed by atoms with Gasteiger partial charge < -0.3 is 5.73 Å². The topological polar surface area (TPSA) is 77.2 Å². The van der Waals surface area contributed by atoms with E-state index in [4.69, 9.17) is 16.4 Å². The Bertz CT molecular complexity index is 456. The van der Waals surface area contributed by atoms with E-state index in [-0.39, 0.29) is 5.75 Å². The number of benzene rings is 1. The lowest BCUT2D eigenvalue weighted by Crippen LogP contribution is -1.98. The van der Waals surface area contributed by atoms with Gasteiger partial charge in [0.15, 0.2) is 0 Å². The molecule has 1 aromatic rings. The Hall–Kier alpha value is -1.07. The standard InChI is InChI=1S/C8H8ClNO3S/c9-14(12,13)5-7-1-6(4-11)2-8(10)3-7/h1-4H,5,10H2. The highest BCUT2D eigenvalue weighted by Gasteiger charge is 2.08. The predicted octanol–water partition coefficient (Wildman–Crippen LogP) is 1.15. The van der Waals surface area contributed by atoms with Crippen LogP contribution in [-0.2, 0) is 14.8 Å². The van der Waals surface area contributed by atoms with Gasteiger partial charge in [-0.15, -0.1) is 0 Å². The van der Waals surface area contributed by atoms with E-state index in [0.717, 1.165) is 0 Å². The average molecular weight is 234 g/mol. The van der Waals surface area contributed by atoms with Crippen LogP contribution < -0.4 is 5.73 Å². The Morgan fingerprint density at radius 3 is 2.50 bits per heavy atom. The summed E-state index contributed by atoms with van der Waals surface area (Å²) in [6, 6.07) is 4.35. The SMILES string of the molecule is Nc1cc(C=O)cc(CS(=O)(=O)Cl)c1. The summed E-state index contributed by atoms with van der Waals surface area (Å²) in [5.74, 6) is -0.333. The number of anilines is 1. The third kappa shape index (κ3) is 3.35. The molecule has 0 heterocycles. The first-order chi connectivity index (χ1) is 6.40. The molecule has 1 rings (SSSR count). The van der Waals surface area contributed by atoms with E-state index < -0.39 is 9.05 Å². The van der Waals surface area contributed by atoms with Gasteiger partial charge in [-0.25, -0.2) is 8.42 Å². The van der Waals surface area contributed by atoms with E-state index in [2.05, 4.69) is 0 Å². The van der Waals surface area contributed by atoms with Gasteiger partial charge in [0.2, 0.25) is 9.05 Å². The molecule has 2 N–H and O–H groups in total. The monoisotopic (exact) mass is 233 g/mol. The van der Waals surface area contributed by atoms with Crippen molar-refractivity contribution in [2.45, 2.75) is 5.75 Å². The Morgan fingerprint density at radius 2 is 2.00 bits per heavy atom. The fourth-order valence-electron chi connectivity index (χ4n) is 1.10. The molecule has 0 spiro atoms. The van der Waals surface area contributed by atoms with Crippen LogP contribution in [0.15, 0.2) is 18.2 Å². The van der Waals surface area contributed by atoms with Crippen molar-refractivity contribution < 1.29 is 13.2 Å². The second-order valence-electron chi connectivity index (χ2n) is 2.81. The summed E-state index contributed by atoms with van der Waals surface area (Å²) >= 11 is 0. The van der Waals surface area contributed by atoms with E-state index in [9.17, 15) is 13.2 Å². The number of nitrogens with two attached hydrogens (primary N) is 1. The van der Waals surface area contributed by atoms with Gasteiger partial charge in [-0.3, -0.25) is 4.79 Å². The van der Waals surface area contributed by atoms with E-state index in [1.54, 1.807) is 0 Å². The Kier molecular flexibility index (Phi) is 3.13. The average Bonchev–Trinajstić information content (AvgIpc) is 1.99. The van der Waals surface area contributed by atoms with E-state index in [1.165, 1.54) is 18.2 Å². The number of carbonyl (C=O) groups is 1. The molecule has 14 heavy (non-hydrogen) atoms. The molecule has 0 fully saturated rings. The number of halogens is 1. The molecule has 0 radical (unpaired) electrons. The largest absolute Gasteiger partial charge is 0.399 e. The second-order valence-corrected chi connectivity index (χ2v) is 5.59. The normalized spacial score (nSPS) is 11.2. The minimum absolute atomic E-state index is 0.333. The molecule has 0 saturated heterocycles. The van der Waals surface area contributed by atoms with Crippen LogP contribution in [0.5, 0.6) is 0 Å². The van der Waals surface area contributed by atoms with Gasteiger partial charge in [-0.1, -0.05) is 0 Å². The number of carbonyl (C=O) groups excluding carboxylic acids is 1. The minimum Gasteiger partial charge on any atom is -0.399 e. The second kappa shape index (κ2) is 3.98. The summed E-state index contributed by atoms with van der Waals surface area (Å²) in [6.45, 7) is 0. The first-order valence-corrected chi connectivity index (χ1v) is 6.15. The number of rotatable bonds is 3. The molecule has 0 aromatic heterocycles. The molecule has 0 saturated carbocycles. The summed E-state index contributed by atoms with van der Waals surface area (Å²) in [4.78, 5) is 10.4. The van der Waals surface area contributed by atoms with Gasteiger partial charge in [-0.2, -0.15) is 0 Å². The molecule has 0 aliphatic carbocycles. The lowest BCUT2D eigenvalue weighted by atomic mass is 10.1. The number of hydrogen-bond acceptors (Lipinski definition) is 4. The lowest BCUT2D eigenvalue weighted by Gasteiger charge is -2.01. The Labute approximate surface area is 86.1 Å². The Morgan fingerprint density at radius 1 is 1.36 bits per heavy atom. The van der Waals surface area contributed by atoms with E-state index in [1.807, 2.05) is 0 Å². The van der Waals surface area contributed by atoms with Crippen molar-refractivity contribution in [1.29, 1.82) is 0 Å². The molecule has 1 aromatic carbocycles. The van der Waals surface area contributed by atoms with Crippen LogP contribution >= 0.6 is 10.7 Å². The molecule has 0 aliphatic rings. The van der Waals surface area contributed by atoms with E-state index in [0.29, 0.717) is 23.1 Å². The van der Waals surface area contributed by atoms with Crippen LogP contribution in [-0.4, -0.2) is 14.7 Å². The molecule has 0 bridgehead atoms. The molecule has 0 atom stereocenters. The highest BCUT2D eigenvalue weighted by atomic mass is 35.7. The molecular weight excluding hydrogens is 226 g/mol. The van der Waals surface area contributed by atoms with Crippen molar-refractivity contribution in [3.63, 3.8) is 0 Å². The fourth-order valence-corrected chi connectivity index (χ4v) is 2.04. The van der Waals surface area contributed by atoms with Crippen LogP contribution in [0.1, 0.15) is 15.9 Å². The van der Waals surface area contributed by atoms with Crippen molar-refractivity contribution in [1.82, 2.24) is 0 Å². The van der Waals surface area contributed by atoms with Crippen LogP contribution in [0.2, 0.25) is 0 Å². The first kappa shape index (κ1) is 11.0. The minimum atomic E-state index is -3.62. The molecule has 0 amide bonds. The molecule has 76 valence electrons. The highest BCUT2D eigenvalue weighted by molar-refractivity contribution is 8.13. The van der Waals surface area contributed by atoms with Crippen molar-refractivity contribution in [3.8, 4) is 0 Å². The van der Waals surface area contributed by atoms with Gasteiger partial charge in [0.05, 0.1) is 5.75 Å². The van der Waals surface area contributed by atoms with Crippen molar-refractivity contribution >= 4 is 31.7 Å². The van der Waals surface area contributed by atoms with Gasteiger partial charge in [0.1, 0.15) is 6.29 Å². The third-order valence-corrected chi connectivity index (χ3v) is 2.52. The summed E-state index contributed by atoms with van der Waals surface area (Å²) in [6.07, 6.45) is 0.598. The van der Waals surface area contributed by atoms with Gasteiger partial charge in [0.25, 0.3) is 0 Å². The van der Waals surface area contributed by atoms with Crippen molar-refractivity contribution in [2.24, 2.45) is 0 Å². The molecule has 4 nitrogen and oxygen atoms in total. The van der Waals surface area contributed by atoms with E-state index >= 15 is 0 Å². The highest BCUT2D eigenvalue weighted by Crippen LogP contribution is 2.15. The Balaban J connectivity index is 3.10. The zero-order chi connectivity index (χ0) is 10.8. The summed E-state index contributed by atoms with van der Waals surface area (Å²) in [5.41, 5.74) is 6.53. The van der Waals surface area contributed by atoms with Crippen molar-refractivity contribution in [2.75, 3.05) is 5.73 Å². The zero-order valence-corrected chi connectivity index (χ0v) is 8.68. The molecule has 0 aliphatic heterocycles. The number of hydrogen-bond donors (Lipinski definition) is 1. The molecule has 0 unspecified atom stereocenters. The zero-order valence-electron chi connectivity index (χ0n) is 7.10. The summed E-state index contributed by atoms with van der Waals surface area (Å²) < 4.78 is 21.5. The quantitative estimate of drug-likeness (QED) is 0.483. The van der Waals surface area contributed by atoms with Gasteiger partial charge in [0, 0.05) is 21.9 Å². The van der Waals surface area contributed by atoms with Crippen LogP contribution in [0.25, 0.3) is 0 Å². The third-order valence-electron chi connectivity index (χ3n) is 1.51. The predicted molar refractivity (Wildman–Crippen MR) is 54.7 cm³/mol. The maximum Gasteiger partial charge on any atom is 0.236 e. The van der Waals surface area contributed by atoms with Gasteiger partial charge >= 0.3 is 0 Å². The van der Waals surface area contributed by atoms with Crippen LogP contribution in [0, 0.1) is 0 Å². The van der Waals surface area contributed by atoms with Crippen molar-refractivity contribution in [3.05, 3.63) is 29.3 Å². The summed E-state index contributed by atoms with van der Waals surface area (Å²) in [7, 11) is 1.44. The van der Waals surface area contributed by atoms with Crippen LogP contribution in [0.4, 0.5) is 5.69 Å². The van der Waals surface area contributed by atoms with Crippen LogP contribution in [0.3, 0.4) is 0 Å². The first-order valence-electron chi connectivity index (χ1n) is 3.67. The molecule has 6 heteroatoms. The fraction of sp³-hybridized carbons (Fsp3) is 0.125. The number of aldehydes is 1. The smallest absolute Gasteiger partial charge is 0.236 e. The molecular formula is C8H8ClNO3S. The maximum absolute atomic E-state index is 10.7. The lowest BCUT2D eigenvalue weighted by molar-refractivity contribution is 0.112. The maximum atomic E-state index is 10.7.